The van der Waals surface area contributed by atoms with Crippen molar-refractivity contribution >= 4 is 17.2 Å². The van der Waals surface area contributed by atoms with Crippen molar-refractivity contribution in [1.29, 1.82) is 0 Å². The second kappa shape index (κ2) is 10.8. The van der Waals surface area contributed by atoms with Gasteiger partial charge >= 0.3 is 0 Å². The van der Waals surface area contributed by atoms with E-state index in [1.54, 1.807) is 19.5 Å². The van der Waals surface area contributed by atoms with E-state index in [1.165, 1.54) is 11.3 Å². The average Bonchev–Trinajstić information content (AvgIpc) is 3.52. The van der Waals surface area contributed by atoms with E-state index in [-0.39, 0.29) is 25.2 Å². The van der Waals surface area contributed by atoms with Crippen molar-refractivity contribution in [3.8, 4) is 16.3 Å². The number of benzene rings is 1. The van der Waals surface area contributed by atoms with Gasteiger partial charge in [-0.05, 0) is 49.6 Å². The van der Waals surface area contributed by atoms with Gasteiger partial charge in [0.15, 0.2) is 6.29 Å². The molecule has 1 aliphatic heterocycles. The fourth-order valence-corrected chi connectivity index (χ4v) is 4.62. The van der Waals surface area contributed by atoms with Crippen LogP contribution in [0.3, 0.4) is 0 Å². The highest BCUT2D eigenvalue weighted by atomic mass is 32.1. The number of nitrogens with zero attached hydrogens (tertiary/aromatic N) is 2. The summed E-state index contributed by atoms with van der Waals surface area (Å²) in [5.41, 5.74) is 3.23. The van der Waals surface area contributed by atoms with E-state index in [0.29, 0.717) is 22.9 Å². The van der Waals surface area contributed by atoms with Gasteiger partial charge in [-0.25, -0.2) is 4.98 Å². The largest absolute Gasteiger partial charge is 0.496 e. The lowest BCUT2D eigenvalue weighted by molar-refractivity contribution is -0.171. The molecule has 0 saturated carbocycles. The van der Waals surface area contributed by atoms with Crippen molar-refractivity contribution in [3.63, 3.8) is 0 Å². The molecule has 1 fully saturated rings. The van der Waals surface area contributed by atoms with Crippen LogP contribution in [-0.4, -0.2) is 47.1 Å². The van der Waals surface area contributed by atoms with E-state index in [2.05, 4.69) is 15.3 Å². The van der Waals surface area contributed by atoms with E-state index >= 15 is 0 Å². The van der Waals surface area contributed by atoms with Crippen molar-refractivity contribution in [2.45, 2.75) is 45.3 Å². The van der Waals surface area contributed by atoms with Crippen LogP contribution in [0.2, 0.25) is 0 Å². The quantitative estimate of drug-likeness (QED) is 0.463. The summed E-state index contributed by atoms with van der Waals surface area (Å²) in [5, 5.41) is 13.9. The number of thiazole rings is 1. The summed E-state index contributed by atoms with van der Waals surface area (Å²) in [6.07, 6.45) is 3.92. The third-order valence-corrected chi connectivity index (χ3v) is 6.60. The van der Waals surface area contributed by atoms with Crippen LogP contribution >= 0.6 is 11.3 Å². The molecule has 2 N–H and O–H groups in total. The monoisotopic (exact) mass is 469 g/mol. The molecule has 0 bridgehead atoms. The Morgan fingerprint density at radius 1 is 1.39 bits per heavy atom. The molecule has 9 heteroatoms. The summed E-state index contributed by atoms with van der Waals surface area (Å²) < 4.78 is 16.5. The molecule has 1 saturated heterocycles. The Labute approximate surface area is 196 Å². The predicted molar refractivity (Wildman–Crippen MR) is 124 cm³/mol. The normalized spacial score (nSPS) is 16.5. The van der Waals surface area contributed by atoms with Gasteiger partial charge in [0.05, 0.1) is 19.4 Å². The number of nitrogens with one attached hydrogen (secondary N) is 1. The Bertz CT molecular complexity index is 1080. The van der Waals surface area contributed by atoms with Crippen LogP contribution < -0.4 is 10.1 Å². The van der Waals surface area contributed by atoms with Crippen LogP contribution in [0.15, 0.2) is 42.7 Å². The SMILES string of the molecule is COc1ccc(COC(O)C2CCCO2)cc1CNC(=O)c1sc(-c2cccnc2)nc1C. The summed E-state index contributed by atoms with van der Waals surface area (Å²) in [4.78, 5) is 22.1. The van der Waals surface area contributed by atoms with Gasteiger partial charge in [0, 0.05) is 36.7 Å². The van der Waals surface area contributed by atoms with E-state index in [4.69, 9.17) is 14.2 Å². The number of ether oxygens (including phenoxy) is 3. The Balaban J connectivity index is 1.40. The molecule has 1 aromatic carbocycles. The smallest absolute Gasteiger partial charge is 0.263 e. The third-order valence-electron chi connectivity index (χ3n) is 5.40. The molecule has 174 valence electrons. The van der Waals surface area contributed by atoms with Crippen molar-refractivity contribution in [2.24, 2.45) is 0 Å². The van der Waals surface area contributed by atoms with Gasteiger partial charge in [-0.1, -0.05) is 6.07 Å². The highest BCUT2D eigenvalue weighted by Gasteiger charge is 2.24. The van der Waals surface area contributed by atoms with Gasteiger partial charge in [-0.15, -0.1) is 11.3 Å². The molecule has 1 amide bonds. The first-order chi connectivity index (χ1) is 16.0. The number of rotatable bonds is 9. The Hall–Kier alpha value is -2.85. The summed E-state index contributed by atoms with van der Waals surface area (Å²) in [7, 11) is 1.59. The van der Waals surface area contributed by atoms with Crippen molar-refractivity contribution in [1.82, 2.24) is 15.3 Å². The van der Waals surface area contributed by atoms with E-state index in [1.807, 2.05) is 37.3 Å². The molecule has 3 heterocycles. The molecule has 2 aromatic heterocycles. The minimum absolute atomic E-state index is 0.197. The topological polar surface area (TPSA) is 103 Å². The molecule has 2 unspecified atom stereocenters. The van der Waals surface area contributed by atoms with Gasteiger partial charge in [-0.2, -0.15) is 0 Å². The first-order valence-electron chi connectivity index (χ1n) is 10.8. The van der Waals surface area contributed by atoms with Crippen molar-refractivity contribution in [2.75, 3.05) is 13.7 Å². The second-order valence-electron chi connectivity index (χ2n) is 7.76. The highest BCUT2D eigenvalue weighted by molar-refractivity contribution is 7.17. The Kier molecular flexibility index (Phi) is 7.66. The maximum atomic E-state index is 12.9. The maximum absolute atomic E-state index is 12.9. The van der Waals surface area contributed by atoms with Gasteiger partial charge in [0.25, 0.3) is 5.91 Å². The summed E-state index contributed by atoms with van der Waals surface area (Å²) in [6, 6.07) is 9.37. The summed E-state index contributed by atoms with van der Waals surface area (Å²) in [5.74, 6) is 0.466. The molecule has 8 nitrogen and oxygen atoms in total. The van der Waals surface area contributed by atoms with Crippen LogP contribution in [0.25, 0.3) is 10.6 Å². The lowest BCUT2D eigenvalue weighted by Gasteiger charge is -2.18. The number of carbonyl (C=O) groups excluding carboxylic acids is 1. The molecule has 4 rings (SSSR count). The summed E-state index contributed by atoms with van der Waals surface area (Å²) in [6.45, 7) is 2.99. The number of aromatic nitrogens is 2. The zero-order valence-electron chi connectivity index (χ0n) is 18.6. The number of methoxy groups -OCH3 is 1. The van der Waals surface area contributed by atoms with Crippen molar-refractivity contribution in [3.05, 3.63) is 64.4 Å². The number of pyridine rings is 1. The van der Waals surface area contributed by atoms with Crippen LogP contribution in [0.4, 0.5) is 0 Å². The number of amides is 1. The van der Waals surface area contributed by atoms with Gasteiger partial charge in [-0.3, -0.25) is 9.78 Å². The Morgan fingerprint density at radius 3 is 3.00 bits per heavy atom. The van der Waals surface area contributed by atoms with Crippen LogP contribution in [0.1, 0.15) is 39.3 Å². The minimum atomic E-state index is -0.957. The number of hydrogen-bond donors (Lipinski definition) is 2. The van der Waals surface area contributed by atoms with E-state index < -0.39 is 6.29 Å². The minimum Gasteiger partial charge on any atom is -0.496 e. The molecule has 2 atom stereocenters. The molecule has 33 heavy (non-hydrogen) atoms. The van der Waals surface area contributed by atoms with Gasteiger partial charge < -0.3 is 24.6 Å². The van der Waals surface area contributed by atoms with E-state index in [9.17, 15) is 9.90 Å². The second-order valence-corrected chi connectivity index (χ2v) is 8.76. The van der Waals surface area contributed by atoms with Gasteiger partial charge in [0.2, 0.25) is 0 Å². The first-order valence-corrected chi connectivity index (χ1v) is 11.6. The number of hydrogen-bond acceptors (Lipinski definition) is 8. The molecule has 0 radical (unpaired) electrons. The molecule has 1 aliphatic rings. The van der Waals surface area contributed by atoms with Gasteiger partial charge in [0.1, 0.15) is 21.7 Å². The first kappa shape index (κ1) is 23.3. The molecule has 0 aliphatic carbocycles. The molecule has 3 aromatic rings. The standard InChI is InChI=1S/C24H27N3O5S/c1-15-21(33-23(27-15)17-5-3-9-25-12-17)22(28)26-13-18-11-16(7-8-19(18)30-2)14-32-24(29)20-6-4-10-31-20/h3,5,7-9,11-12,20,24,29H,4,6,10,13-14H2,1-2H3,(H,26,28). The number of aliphatic hydroxyl groups is 1. The lowest BCUT2D eigenvalue weighted by Crippen LogP contribution is -2.27. The van der Waals surface area contributed by atoms with Crippen LogP contribution in [0, 0.1) is 6.92 Å². The van der Waals surface area contributed by atoms with Crippen molar-refractivity contribution < 1.29 is 24.1 Å². The fourth-order valence-electron chi connectivity index (χ4n) is 3.65. The number of aryl methyl sites for hydroxylation is 1. The van der Waals surface area contributed by atoms with E-state index in [0.717, 1.165) is 34.5 Å². The highest BCUT2D eigenvalue weighted by Crippen LogP contribution is 2.28. The molecule has 0 spiro atoms. The third kappa shape index (κ3) is 5.75. The molecular formula is C24H27N3O5S. The fraction of sp³-hybridized carbons (Fsp3) is 0.375. The maximum Gasteiger partial charge on any atom is 0.263 e. The van der Waals surface area contributed by atoms with Crippen LogP contribution in [0.5, 0.6) is 5.75 Å². The predicted octanol–water partition coefficient (Wildman–Crippen LogP) is 3.47. The average molecular weight is 470 g/mol. The number of carbonyl (C=O) groups is 1. The zero-order chi connectivity index (χ0) is 23.2. The number of aliphatic hydroxyl groups excluding tert-OH is 1. The summed E-state index contributed by atoms with van der Waals surface area (Å²) >= 11 is 1.34. The van der Waals surface area contributed by atoms with Crippen LogP contribution in [-0.2, 0) is 22.6 Å². The molecular weight excluding hydrogens is 442 g/mol. The Morgan fingerprint density at radius 2 is 2.27 bits per heavy atom. The zero-order valence-corrected chi connectivity index (χ0v) is 19.4. The lowest BCUT2D eigenvalue weighted by atomic mass is 10.1.